The molecule has 0 spiro atoms. The first-order chi connectivity index (χ1) is 7.97. The molecule has 0 aliphatic rings. The summed E-state index contributed by atoms with van der Waals surface area (Å²) in [4.78, 5) is 1.19. The second-order valence-corrected chi connectivity index (χ2v) is 5.80. The summed E-state index contributed by atoms with van der Waals surface area (Å²) < 4.78 is 5.23. The van der Waals surface area contributed by atoms with E-state index in [0.29, 0.717) is 5.84 Å². The molecular formula is C12H20N2O2S. The van der Waals surface area contributed by atoms with Crippen LogP contribution in [0, 0.1) is 12.3 Å². The van der Waals surface area contributed by atoms with E-state index in [2.05, 4.69) is 5.16 Å². The van der Waals surface area contributed by atoms with Gasteiger partial charge >= 0.3 is 0 Å². The SMILES string of the molecule is Cc1occc1SCCCC(C)(C)/C(N)=N/O. The smallest absolute Gasteiger partial charge is 0.144 e. The molecule has 96 valence electrons. The van der Waals surface area contributed by atoms with Crippen molar-refractivity contribution in [3.63, 3.8) is 0 Å². The summed E-state index contributed by atoms with van der Waals surface area (Å²) in [6.45, 7) is 5.92. The quantitative estimate of drug-likeness (QED) is 0.205. The second kappa shape index (κ2) is 6.00. The molecule has 0 aliphatic heterocycles. The van der Waals surface area contributed by atoms with Gasteiger partial charge < -0.3 is 15.4 Å². The lowest BCUT2D eigenvalue weighted by molar-refractivity contribution is 0.305. The molecular weight excluding hydrogens is 236 g/mol. The summed E-state index contributed by atoms with van der Waals surface area (Å²) in [6, 6.07) is 1.98. The van der Waals surface area contributed by atoms with Gasteiger partial charge in [0, 0.05) is 10.3 Å². The van der Waals surface area contributed by atoms with Crippen molar-refractivity contribution in [3.8, 4) is 0 Å². The summed E-state index contributed by atoms with van der Waals surface area (Å²) in [5, 5.41) is 11.7. The van der Waals surface area contributed by atoms with Crippen LogP contribution in [0.5, 0.6) is 0 Å². The summed E-state index contributed by atoms with van der Waals surface area (Å²) in [5.41, 5.74) is 5.38. The molecule has 0 radical (unpaired) electrons. The van der Waals surface area contributed by atoms with E-state index in [1.54, 1.807) is 18.0 Å². The van der Waals surface area contributed by atoms with Crippen molar-refractivity contribution < 1.29 is 9.62 Å². The van der Waals surface area contributed by atoms with E-state index in [-0.39, 0.29) is 5.41 Å². The van der Waals surface area contributed by atoms with Gasteiger partial charge in [-0.05, 0) is 31.6 Å². The van der Waals surface area contributed by atoms with Gasteiger partial charge in [-0.2, -0.15) is 0 Å². The van der Waals surface area contributed by atoms with Crippen molar-refractivity contribution in [3.05, 3.63) is 18.1 Å². The fraction of sp³-hybridized carbons (Fsp3) is 0.583. The third-order valence-corrected chi connectivity index (χ3v) is 4.04. The molecule has 5 heteroatoms. The van der Waals surface area contributed by atoms with Gasteiger partial charge in [-0.3, -0.25) is 0 Å². The van der Waals surface area contributed by atoms with Crippen molar-refractivity contribution in [2.24, 2.45) is 16.3 Å². The number of hydrogen-bond donors (Lipinski definition) is 2. The molecule has 17 heavy (non-hydrogen) atoms. The Morgan fingerprint density at radius 1 is 1.59 bits per heavy atom. The maximum absolute atomic E-state index is 8.66. The third kappa shape index (κ3) is 4.00. The largest absolute Gasteiger partial charge is 0.468 e. The number of nitrogens with two attached hydrogens (primary N) is 1. The fourth-order valence-electron chi connectivity index (χ4n) is 1.48. The molecule has 0 aromatic carbocycles. The van der Waals surface area contributed by atoms with Crippen LogP contribution in [0.3, 0.4) is 0 Å². The van der Waals surface area contributed by atoms with E-state index in [1.165, 1.54) is 4.90 Å². The molecule has 0 bridgehead atoms. The molecule has 1 heterocycles. The van der Waals surface area contributed by atoms with Gasteiger partial charge in [0.15, 0.2) is 0 Å². The first kappa shape index (κ1) is 14.0. The van der Waals surface area contributed by atoms with Crippen LogP contribution < -0.4 is 5.73 Å². The highest BCUT2D eigenvalue weighted by Gasteiger charge is 2.22. The van der Waals surface area contributed by atoms with Gasteiger partial charge in [-0.15, -0.1) is 11.8 Å². The van der Waals surface area contributed by atoms with Crippen molar-refractivity contribution >= 4 is 17.6 Å². The highest BCUT2D eigenvalue weighted by Crippen LogP contribution is 2.27. The van der Waals surface area contributed by atoms with Crippen LogP contribution in [-0.2, 0) is 0 Å². The van der Waals surface area contributed by atoms with Crippen LogP contribution in [0.4, 0.5) is 0 Å². The lowest BCUT2D eigenvalue weighted by Crippen LogP contribution is -2.31. The van der Waals surface area contributed by atoms with Gasteiger partial charge in [-0.1, -0.05) is 19.0 Å². The number of thioether (sulfide) groups is 1. The summed E-state index contributed by atoms with van der Waals surface area (Å²) in [5.74, 6) is 2.26. The van der Waals surface area contributed by atoms with Gasteiger partial charge in [0.1, 0.15) is 11.6 Å². The molecule has 1 aromatic heterocycles. The Hall–Kier alpha value is -1.10. The van der Waals surface area contributed by atoms with Gasteiger partial charge in [-0.25, -0.2) is 0 Å². The number of furan rings is 1. The first-order valence-corrected chi connectivity index (χ1v) is 6.61. The van der Waals surface area contributed by atoms with Crippen LogP contribution in [-0.4, -0.2) is 16.8 Å². The molecule has 0 atom stereocenters. The van der Waals surface area contributed by atoms with Crippen LogP contribution in [0.15, 0.2) is 26.8 Å². The zero-order chi connectivity index (χ0) is 12.9. The van der Waals surface area contributed by atoms with Crippen molar-refractivity contribution in [2.75, 3.05) is 5.75 Å². The number of rotatable bonds is 6. The Bertz CT molecular complexity index is 386. The lowest BCUT2D eigenvalue weighted by atomic mass is 9.87. The molecule has 4 nitrogen and oxygen atoms in total. The topological polar surface area (TPSA) is 71.8 Å². The van der Waals surface area contributed by atoms with E-state index in [9.17, 15) is 0 Å². The highest BCUT2D eigenvalue weighted by atomic mass is 32.2. The zero-order valence-corrected chi connectivity index (χ0v) is 11.4. The van der Waals surface area contributed by atoms with E-state index in [1.807, 2.05) is 26.8 Å². The number of nitrogens with zero attached hydrogens (tertiary/aromatic N) is 1. The number of oxime groups is 1. The van der Waals surface area contributed by atoms with Crippen LogP contribution >= 0.6 is 11.8 Å². The maximum atomic E-state index is 8.66. The fourth-order valence-corrected chi connectivity index (χ4v) is 2.39. The molecule has 0 amide bonds. The third-order valence-electron chi connectivity index (χ3n) is 2.82. The summed E-state index contributed by atoms with van der Waals surface area (Å²) in [7, 11) is 0. The summed E-state index contributed by atoms with van der Waals surface area (Å²) in [6.07, 6.45) is 3.61. The van der Waals surface area contributed by atoms with Crippen LogP contribution in [0.1, 0.15) is 32.4 Å². The molecule has 0 unspecified atom stereocenters. The maximum Gasteiger partial charge on any atom is 0.144 e. The van der Waals surface area contributed by atoms with E-state index < -0.39 is 0 Å². The van der Waals surface area contributed by atoms with Crippen molar-refractivity contribution in [1.29, 1.82) is 0 Å². The second-order valence-electron chi connectivity index (χ2n) is 4.66. The lowest BCUT2D eigenvalue weighted by Gasteiger charge is -2.22. The average molecular weight is 256 g/mol. The molecule has 1 aromatic rings. The molecule has 0 fully saturated rings. The molecule has 3 N–H and O–H groups in total. The van der Waals surface area contributed by atoms with E-state index in [0.717, 1.165) is 24.4 Å². The minimum atomic E-state index is -0.249. The number of amidine groups is 1. The number of hydrogen-bond acceptors (Lipinski definition) is 4. The zero-order valence-electron chi connectivity index (χ0n) is 10.6. The van der Waals surface area contributed by atoms with Crippen LogP contribution in [0.2, 0.25) is 0 Å². The van der Waals surface area contributed by atoms with Gasteiger partial charge in [0.2, 0.25) is 0 Å². The minimum Gasteiger partial charge on any atom is -0.468 e. The average Bonchev–Trinajstić information content (AvgIpc) is 2.69. The Kier molecular flexibility index (Phi) is 4.93. The normalized spacial score (nSPS) is 13.0. The monoisotopic (exact) mass is 256 g/mol. The Balaban J connectivity index is 2.32. The summed E-state index contributed by atoms with van der Waals surface area (Å²) >= 11 is 1.78. The Morgan fingerprint density at radius 3 is 2.82 bits per heavy atom. The molecule has 1 rings (SSSR count). The van der Waals surface area contributed by atoms with Crippen molar-refractivity contribution in [1.82, 2.24) is 0 Å². The molecule has 0 saturated heterocycles. The predicted octanol–water partition coefficient (Wildman–Crippen LogP) is 3.23. The van der Waals surface area contributed by atoms with Gasteiger partial charge in [0.25, 0.3) is 0 Å². The van der Waals surface area contributed by atoms with Crippen LogP contribution in [0.25, 0.3) is 0 Å². The van der Waals surface area contributed by atoms with E-state index in [4.69, 9.17) is 15.4 Å². The molecule has 0 saturated carbocycles. The van der Waals surface area contributed by atoms with E-state index >= 15 is 0 Å². The minimum absolute atomic E-state index is 0.249. The Morgan fingerprint density at radius 2 is 2.29 bits per heavy atom. The number of aryl methyl sites for hydroxylation is 1. The highest BCUT2D eigenvalue weighted by molar-refractivity contribution is 7.99. The Labute approximate surface area is 106 Å². The standard InChI is InChI=1S/C12H20N2O2S/c1-9-10(5-7-16-9)17-8-4-6-12(2,3)11(13)14-15/h5,7,15H,4,6,8H2,1-3H3,(H2,13,14). The predicted molar refractivity (Wildman–Crippen MR) is 70.6 cm³/mol. The first-order valence-electron chi connectivity index (χ1n) is 5.62. The van der Waals surface area contributed by atoms with Gasteiger partial charge in [0.05, 0.1) is 6.26 Å². The van der Waals surface area contributed by atoms with Crippen molar-refractivity contribution in [2.45, 2.75) is 38.5 Å². The molecule has 0 aliphatic carbocycles.